The van der Waals surface area contributed by atoms with Gasteiger partial charge in [0.2, 0.25) is 5.91 Å². The molecule has 1 aromatic heterocycles. The highest BCUT2D eigenvalue weighted by Crippen LogP contribution is 2.27. The second-order valence-corrected chi connectivity index (χ2v) is 6.01. The van der Waals surface area contributed by atoms with Gasteiger partial charge in [0.15, 0.2) is 0 Å². The summed E-state index contributed by atoms with van der Waals surface area (Å²) in [5.74, 6) is -1.31. The lowest BCUT2D eigenvalue weighted by Gasteiger charge is -2.35. The molecule has 2 heterocycles. The van der Waals surface area contributed by atoms with Crippen LogP contribution in [0.15, 0.2) is 42.6 Å². The third-order valence-electron chi connectivity index (χ3n) is 4.15. The molecule has 2 aromatic rings. The van der Waals surface area contributed by atoms with Crippen molar-refractivity contribution in [3.8, 4) is 0 Å². The summed E-state index contributed by atoms with van der Waals surface area (Å²) in [7, 11) is 3.72. The van der Waals surface area contributed by atoms with Crippen LogP contribution in [0.1, 0.15) is 22.1 Å². The Morgan fingerprint density at radius 3 is 2.80 bits per heavy atom. The summed E-state index contributed by atoms with van der Waals surface area (Å²) in [6, 6.07) is 8.44. The number of rotatable bonds is 3. The number of pyridine rings is 1. The van der Waals surface area contributed by atoms with Crippen LogP contribution in [0.2, 0.25) is 0 Å². The van der Waals surface area contributed by atoms with Gasteiger partial charge in [-0.15, -0.1) is 0 Å². The van der Waals surface area contributed by atoms with Gasteiger partial charge in [0.05, 0.1) is 0 Å². The minimum absolute atomic E-state index is 0.178. The van der Waals surface area contributed by atoms with Gasteiger partial charge in [-0.25, -0.2) is 4.39 Å². The standard InChI is InChI=1S/C18H19FN4O2/c1-22(2)12-7-8-20-15(11-12)18(25)23-10-9-21-17(24)16(23)13-5-3-4-6-14(13)19/h3-8,11,16H,9-10H2,1-2H3,(H,21,24). The van der Waals surface area contributed by atoms with Crippen LogP contribution in [0.25, 0.3) is 0 Å². The molecule has 2 amide bonds. The van der Waals surface area contributed by atoms with Crippen molar-refractivity contribution in [3.05, 3.63) is 59.7 Å². The lowest BCUT2D eigenvalue weighted by Crippen LogP contribution is -2.52. The molecule has 7 heteroatoms. The minimum atomic E-state index is -1.01. The van der Waals surface area contributed by atoms with Crippen LogP contribution in [0.5, 0.6) is 0 Å². The Balaban J connectivity index is 1.98. The zero-order valence-electron chi connectivity index (χ0n) is 14.1. The zero-order chi connectivity index (χ0) is 18.0. The fourth-order valence-corrected chi connectivity index (χ4v) is 2.85. The van der Waals surface area contributed by atoms with Gasteiger partial charge >= 0.3 is 0 Å². The van der Waals surface area contributed by atoms with Crippen molar-refractivity contribution in [1.29, 1.82) is 0 Å². The van der Waals surface area contributed by atoms with E-state index in [-0.39, 0.29) is 17.8 Å². The summed E-state index contributed by atoms with van der Waals surface area (Å²) in [5, 5.41) is 2.70. The van der Waals surface area contributed by atoms with Crippen molar-refractivity contribution in [1.82, 2.24) is 15.2 Å². The van der Waals surface area contributed by atoms with Crippen molar-refractivity contribution in [2.45, 2.75) is 6.04 Å². The number of piperazine rings is 1. The summed E-state index contributed by atoms with van der Waals surface area (Å²) in [6.45, 7) is 0.611. The minimum Gasteiger partial charge on any atom is -0.378 e. The third kappa shape index (κ3) is 3.31. The van der Waals surface area contributed by atoms with Crippen molar-refractivity contribution < 1.29 is 14.0 Å². The summed E-state index contributed by atoms with van der Waals surface area (Å²) in [4.78, 5) is 32.7. The van der Waals surface area contributed by atoms with E-state index in [4.69, 9.17) is 0 Å². The predicted octanol–water partition coefficient (Wildman–Crippen LogP) is 1.60. The quantitative estimate of drug-likeness (QED) is 0.920. The first-order chi connectivity index (χ1) is 12.0. The number of carbonyl (C=O) groups is 2. The zero-order valence-corrected chi connectivity index (χ0v) is 14.1. The van der Waals surface area contributed by atoms with Gasteiger partial charge in [-0.3, -0.25) is 14.6 Å². The predicted molar refractivity (Wildman–Crippen MR) is 91.8 cm³/mol. The third-order valence-corrected chi connectivity index (χ3v) is 4.15. The Bertz CT molecular complexity index is 809. The number of halogens is 1. The first-order valence-corrected chi connectivity index (χ1v) is 7.95. The maximum atomic E-state index is 14.2. The molecule has 1 N–H and O–H groups in total. The molecule has 0 bridgehead atoms. The van der Waals surface area contributed by atoms with E-state index in [0.717, 1.165) is 5.69 Å². The molecule has 130 valence electrons. The van der Waals surface area contributed by atoms with E-state index in [9.17, 15) is 14.0 Å². The van der Waals surface area contributed by atoms with E-state index in [1.165, 1.54) is 17.0 Å². The SMILES string of the molecule is CN(C)c1ccnc(C(=O)N2CCNC(=O)C2c2ccccc2F)c1. The van der Waals surface area contributed by atoms with Crippen LogP contribution in [0.4, 0.5) is 10.1 Å². The van der Waals surface area contributed by atoms with Crippen LogP contribution >= 0.6 is 0 Å². The molecule has 25 heavy (non-hydrogen) atoms. The number of nitrogens with one attached hydrogen (secondary N) is 1. The van der Waals surface area contributed by atoms with Crippen LogP contribution in [0.3, 0.4) is 0 Å². The molecule has 1 aromatic carbocycles. The van der Waals surface area contributed by atoms with Crippen LogP contribution < -0.4 is 10.2 Å². The number of hydrogen-bond acceptors (Lipinski definition) is 4. The molecule has 1 saturated heterocycles. The van der Waals surface area contributed by atoms with Gasteiger partial charge in [-0.2, -0.15) is 0 Å². The topological polar surface area (TPSA) is 65.5 Å². The number of hydrogen-bond donors (Lipinski definition) is 1. The van der Waals surface area contributed by atoms with E-state index in [2.05, 4.69) is 10.3 Å². The molecule has 0 aliphatic carbocycles. The van der Waals surface area contributed by atoms with Crippen molar-refractivity contribution in [2.75, 3.05) is 32.1 Å². The van der Waals surface area contributed by atoms with E-state index >= 15 is 0 Å². The molecule has 1 unspecified atom stereocenters. The Hall–Kier alpha value is -2.96. The average molecular weight is 342 g/mol. The fourth-order valence-electron chi connectivity index (χ4n) is 2.85. The van der Waals surface area contributed by atoms with Gasteiger partial charge in [0.1, 0.15) is 17.6 Å². The normalized spacial score (nSPS) is 17.2. The smallest absolute Gasteiger partial charge is 0.273 e. The molecule has 1 fully saturated rings. The highest BCUT2D eigenvalue weighted by atomic mass is 19.1. The van der Waals surface area contributed by atoms with Crippen LogP contribution in [0, 0.1) is 5.82 Å². The largest absolute Gasteiger partial charge is 0.378 e. The Labute approximate surface area is 145 Å². The summed E-state index contributed by atoms with van der Waals surface area (Å²) in [5.41, 5.74) is 1.22. The molecule has 6 nitrogen and oxygen atoms in total. The molecule has 1 aliphatic rings. The van der Waals surface area contributed by atoms with Crippen molar-refractivity contribution in [3.63, 3.8) is 0 Å². The molecule has 0 spiro atoms. The summed E-state index contributed by atoms with van der Waals surface area (Å²) >= 11 is 0. The number of nitrogens with zero attached hydrogens (tertiary/aromatic N) is 3. The van der Waals surface area contributed by atoms with E-state index in [0.29, 0.717) is 6.54 Å². The highest BCUT2D eigenvalue weighted by molar-refractivity contribution is 5.97. The lowest BCUT2D eigenvalue weighted by molar-refractivity contribution is -0.128. The first-order valence-electron chi connectivity index (χ1n) is 7.95. The molecule has 0 saturated carbocycles. The molecular formula is C18H19FN4O2. The van der Waals surface area contributed by atoms with E-state index in [1.807, 2.05) is 19.0 Å². The molecule has 1 aliphatic heterocycles. The van der Waals surface area contributed by atoms with Gasteiger partial charge in [-0.1, -0.05) is 18.2 Å². The van der Waals surface area contributed by atoms with Crippen molar-refractivity contribution in [2.24, 2.45) is 0 Å². The second kappa shape index (κ2) is 6.88. The monoisotopic (exact) mass is 342 g/mol. The number of aromatic nitrogens is 1. The summed E-state index contributed by atoms with van der Waals surface area (Å²) < 4.78 is 14.2. The Morgan fingerprint density at radius 1 is 1.32 bits per heavy atom. The van der Waals surface area contributed by atoms with Gasteiger partial charge in [0.25, 0.3) is 5.91 Å². The number of benzene rings is 1. The lowest BCUT2D eigenvalue weighted by atomic mass is 10.0. The van der Waals surface area contributed by atoms with E-state index < -0.39 is 23.7 Å². The van der Waals surface area contributed by atoms with Crippen LogP contribution in [-0.4, -0.2) is 48.9 Å². The Kier molecular flexibility index (Phi) is 4.65. The molecule has 0 radical (unpaired) electrons. The van der Waals surface area contributed by atoms with Gasteiger partial charge < -0.3 is 15.1 Å². The number of anilines is 1. The van der Waals surface area contributed by atoms with Crippen molar-refractivity contribution >= 4 is 17.5 Å². The first kappa shape index (κ1) is 16.9. The van der Waals surface area contributed by atoms with Gasteiger partial charge in [-0.05, 0) is 18.2 Å². The second-order valence-electron chi connectivity index (χ2n) is 6.01. The molecule has 1 atom stereocenters. The van der Waals surface area contributed by atoms with Gasteiger partial charge in [0, 0.05) is 44.6 Å². The molecular weight excluding hydrogens is 323 g/mol. The van der Waals surface area contributed by atoms with E-state index in [1.54, 1.807) is 30.5 Å². The maximum Gasteiger partial charge on any atom is 0.273 e. The number of amides is 2. The maximum absolute atomic E-state index is 14.2. The van der Waals surface area contributed by atoms with Crippen LogP contribution in [-0.2, 0) is 4.79 Å². The highest BCUT2D eigenvalue weighted by Gasteiger charge is 2.36. The fraction of sp³-hybridized carbons (Fsp3) is 0.278. The molecule has 3 rings (SSSR count). The summed E-state index contributed by atoms with van der Waals surface area (Å²) in [6.07, 6.45) is 1.55. The number of carbonyl (C=O) groups excluding carboxylic acids is 2. The average Bonchev–Trinajstić information content (AvgIpc) is 2.62. The Morgan fingerprint density at radius 2 is 2.08 bits per heavy atom.